The molecule has 1 saturated carbocycles. The Balaban J connectivity index is 1.27. The SMILES string of the molecule is COc1cc2c(Oc3ccc(NC(=O)C4(C(=O)Nc5ccc(F)cc5)CC4)cc3)ccnc2cc1CN(C)C(=O)O. The minimum atomic E-state index is -1.17. The Morgan fingerprint density at radius 2 is 1.56 bits per heavy atom. The molecule has 1 heterocycles. The Kier molecular flexibility index (Phi) is 7.43. The van der Waals surface area contributed by atoms with E-state index >= 15 is 0 Å². The Morgan fingerprint density at radius 1 is 0.951 bits per heavy atom. The monoisotopic (exact) mass is 558 g/mol. The van der Waals surface area contributed by atoms with Crippen LogP contribution in [0.15, 0.2) is 72.9 Å². The third-order valence-corrected chi connectivity index (χ3v) is 6.90. The summed E-state index contributed by atoms with van der Waals surface area (Å²) in [6.07, 6.45) is 1.37. The summed E-state index contributed by atoms with van der Waals surface area (Å²) in [5.74, 6) is 0.249. The van der Waals surface area contributed by atoms with Crippen LogP contribution in [0.25, 0.3) is 10.9 Å². The molecule has 1 aliphatic carbocycles. The molecule has 1 aliphatic rings. The zero-order valence-electron chi connectivity index (χ0n) is 22.3. The number of halogens is 1. The number of anilines is 2. The molecule has 3 aromatic carbocycles. The number of carboxylic acid groups (broad SMARTS) is 1. The highest BCUT2D eigenvalue weighted by molar-refractivity contribution is 6.16. The summed E-state index contributed by atoms with van der Waals surface area (Å²) >= 11 is 0. The molecule has 11 heteroatoms. The average Bonchev–Trinajstić information content (AvgIpc) is 3.77. The van der Waals surface area contributed by atoms with E-state index in [1.165, 1.54) is 38.4 Å². The van der Waals surface area contributed by atoms with Gasteiger partial charge >= 0.3 is 6.09 Å². The molecule has 0 spiro atoms. The van der Waals surface area contributed by atoms with E-state index in [1.54, 1.807) is 48.7 Å². The lowest BCUT2D eigenvalue weighted by Gasteiger charge is -2.17. The van der Waals surface area contributed by atoms with E-state index in [0.717, 1.165) is 4.90 Å². The highest BCUT2D eigenvalue weighted by Gasteiger charge is 2.56. The van der Waals surface area contributed by atoms with Crippen molar-refractivity contribution in [1.29, 1.82) is 0 Å². The molecule has 1 aromatic heterocycles. The minimum absolute atomic E-state index is 0.129. The van der Waals surface area contributed by atoms with E-state index in [1.807, 2.05) is 0 Å². The highest BCUT2D eigenvalue weighted by atomic mass is 19.1. The van der Waals surface area contributed by atoms with Crippen molar-refractivity contribution in [2.75, 3.05) is 24.8 Å². The van der Waals surface area contributed by atoms with Gasteiger partial charge in [0, 0.05) is 35.6 Å². The number of carbonyl (C=O) groups is 3. The van der Waals surface area contributed by atoms with Gasteiger partial charge in [-0.1, -0.05) is 0 Å². The van der Waals surface area contributed by atoms with Gasteiger partial charge in [-0.3, -0.25) is 14.6 Å². The van der Waals surface area contributed by atoms with Gasteiger partial charge < -0.3 is 30.1 Å². The van der Waals surface area contributed by atoms with Crippen LogP contribution in [0.1, 0.15) is 18.4 Å². The van der Waals surface area contributed by atoms with E-state index in [0.29, 0.717) is 57.9 Å². The van der Waals surface area contributed by atoms with Crippen molar-refractivity contribution in [3.8, 4) is 17.2 Å². The van der Waals surface area contributed by atoms with Crippen LogP contribution in [0.4, 0.5) is 20.6 Å². The number of hydrogen-bond donors (Lipinski definition) is 3. The number of hydrogen-bond acceptors (Lipinski definition) is 6. The molecule has 0 bridgehead atoms. The molecule has 1 fully saturated rings. The molecule has 0 radical (unpaired) electrons. The second kappa shape index (κ2) is 11.1. The molecule has 5 rings (SSSR count). The smallest absolute Gasteiger partial charge is 0.407 e. The van der Waals surface area contributed by atoms with E-state index in [9.17, 15) is 23.9 Å². The summed E-state index contributed by atoms with van der Waals surface area (Å²) < 4.78 is 24.7. The summed E-state index contributed by atoms with van der Waals surface area (Å²) in [5, 5.41) is 15.4. The number of methoxy groups -OCH3 is 1. The first-order valence-corrected chi connectivity index (χ1v) is 12.7. The molecule has 210 valence electrons. The first kappa shape index (κ1) is 27.4. The lowest BCUT2D eigenvalue weighted by molar-refractivity contribution is -0.131. The predicted octanol–water partition coefficient (Wildman–Crippen LogP) is 5.64. The van der Waals surface area contributed by atoms with Crippen molar-refractivity contribution < 1.29 is 33.4 Å². The van der Waals surface area contributed by atoms with Crippen LogP contribution < -0.4 is 20.1 Å². The van der Waals surface area contributed by atoms with Crippen molar-refractivity contribution in [3.63, 3.8) is 0 Å². The van der Waals surface area contributed by atoms with Gasteiger partial charge in [-0.25, -0.2) is 9.18 Å². The number of nitrogens with zero attached hydrogens (tertiary/aromatic N) is 2. The van der Waals surface area contributed by atoms with Gasteiger partial charge in [0.15, 0.2) is 0 Å². The number of amides is 3. The van der Waals surface area contributed by atoms with E-state index in [4.69, 9.17) is 9.47 Å². The third kappa shape index (κ3) is 5.88. The van der Waals surface area contributed by atoms with Crippen molar-refractivity contribution in [3.05, 3.63) is 84.3 Å². The third-order valence-electron chi connectivity index (χ3n) is 6.90. The number of rotatable bonds is 9. The number of pyridine rings is 1. The maximum Gasteiger partial charge on any atom is 0.407 e. The fourth-order valence-electron chi connectivity index (χ4n) is 4.37. The summed E-state index contributed by atoms with van der Waals surface area (Å²) in [6.45, 7) is 0.129. The van der Waals surface area contributed by atoms with Crippen LogP contribution in [0.2, 0.25) is 0 Å². The molecule has 0 unspecified atom stereocenters. The lowest BCUT2D eigenvalue weighted by atomic mass is 10.0. The maximum absolute atomic E-state index is 13.2. The normalized spacial score (nSPS) is 13.2. The molecule has 0 saturated heterocycles. The maximum atomic E-state index is 13.2. The van der Waals surface area contributed by atoms with Gasteiger partial charge in [-0.2, -0.15) is 0 Å². The van der Waals surface area contributed by atoms with Crippen molar-refractivity contribution in [1.82, 2.24) is 9.88 Å². The highest BCUT2D eigenvalue weighted by Crippen LogP contribution is 2.47. The number of carbonyl (C=O) groups excluding carboxylic acids is 2. The largest absolute Gasteiger partial charge is 0.496 e. The van der Waals surface area contributed by atoms with E-state index < -0.39 is 29.1 Å². The van der Waals surface area contributed by atoms with Gasteiger partial charge in [0.25, 0.3) is 0 Å². The predicted molar refractivity (Wildman–Crippen MR) is 150 cm³/mol. The fraction of sp³-hybridized carbons (Fsp3) is 0.200. The molecular weight excluding hydrogens is 531 g/mol. The van der Waals surface area contributed by atoms with Gasteiger partial charge in [-0.15, -0.1) is 0 Å². The molecule has 0 aliphatic heterocycles. The summed E-state index contributed by atoms with van der Waals surface area (Å²) in [6, 6.07) is 17.3. The number of fused-ring (bicyclic) bond motifs is 1. The number of aromatic nitrogens is 1. The van der Waals surface area contributed by atoms with Crippen molar-refractivity contribution in [2.45, 2.75) is 19.4 Å². The van der Waals surface area contributed by atoms with Crippen LogP contribution in [-0.2, 0) is 16.1 Å². The summed E-state index contributed by atoms with van der Waals surface area (Å²) in [4.78, 5) is 42.6. The van der Waals surface area contributed by atoms with Gasteiger partial charge in [0.2, 0.25) is 11.8 Å². The Morgan fingerprint density at radius 3 is 2.12 bits per heavy atom. The Bertz CT molecular complexity index is 1620. The van der Waals surface area contributed by atoms with Crippen molar-refractivity contribution >= 4 is 40.2 Å². The minimum Gasteiger partial charge on any atom is -0.496 e. The van der Waals surface area contributed by atoms with Crippen molar-refractivity contribution in [2.24, 2.45) is 5.41 Å². The van der Waals surface area contributed by atoms with Gasteiger partial charge in [-0.05, 0) is 79.6 Å². The topological polar surface area (TPSA) is 130 Å². The average molecular weight is 559 g/mol. The number of benzene rings is 3. The summed E-state index contributed by atoms with van der Waals surface area (Å²) in [7, 11) is 2.98. The first-order chi connectivity index (χ1) is 19.7. The zero-order chi connectivity index (χ0) is 29.1. The Labute approximate surface area is 234 Å². The standard InChI is InChI=1S/C30H27FN4O6/c1-35(29(38)39)17-18-15-24-23(16-26(18)40-2)25(11-14-32-24)41-22-9-7-21(8-10-22)34-28(37)30(12-13-30)27(36)33-20-5-3-19(31)4-6-20/h3-11,14-16H,12-13,17H2,1-2H3,(H,33,36)(H,34,37)(H,38,39). The van der Waals surface area contributed by atoms with Gasteiger partial charge in [0.1, 0.15) is 28.5 Å². The van der Waals surface area contributed by atoms with Crippen LogP contribution in [0, 0.1) is 11.2 Å². The van der Waals surface area contributed by atoms with Crippen LogP contribution in [0.3, 0.4) is 0 Å². The van der Waals surface area contributed by atoms with Crippen LogP contribution in [-0.4, -0.2) is 47.1 Å². The molecule has 0 atom stereocenters. The fourth-order valence-corrected chi connectivity index (χ4v) is 4.37. The zero-order valence-corrected chi connectivity index (χ0v) is 22.3. The van der Waals surface area contributed by atoms with Gasteiger partial charge in [0.05, 0.1) is 19.2 Å². The molecule has 3 N–H and O–H groups in total. The van der Waals surface area contributed by atoms with E-state index in [2.05, 4.69) is 15.6 Å². The number of nitrogens with one attached hydrogen (secondary N) is 2. The van der Waals surface area contributed by atoms with E-state index in [-0.39, 0.29) is 6.54 Å². The summed E-state index contributed by atoms with van der Waals surface area (Å²) in [5.41, 5.74) is 1.01. The molecule has 4 aromatic rings. The van der Waals surface area contributed by atoms with Crippen LogP contribution >= 0.6 is 0 Å². The second-order valence-electron chi connectivity index (χ2n) is 9.75. The van der Waals surface area contributed by atoms with Crippen LogP contribution in [0.5, 0.6) is 17.2 Å². The Hall–Kier alpha value is -5.19. The molecular formula is C30H27FN4O6. The first-order valence-electron chi connectivity index (χ1n) is 12.7. The number of ether oxygens (including phenoxy) is 2. The molecule has 10 nitrogen and oxygen atoms in total. The molecule has 3 amide bonds. The second-order valence-corrected chi connectivity index (χ2v) is 9.75. The lowest BCUT2D eigenvalue weighted by Crippen LogP contribution is -2.35. The quantitative estimate of drug-likeness (QED) is 0.227. The molecule has 41 heavy (non-hydrogen) atoms.